The standard InChI is InChI=1S/C24H28N4O/c1-15-5-9-20(22(12-15)29-2)23-19-10-8-17(16-6-7-16)13-21(19)24(28-27-23)26-18-4-3-11-25-14-18/h5,8-10,12-13,16,18,25H,3-4,6-7,11,14H2,1-2H3,(H,26,28)/t18-/m1/s1. The molecule has 2 aliphatic rings. The smallest absolute Gasteiger partial charge is 0.156 e. The molecule has 2 N–H and O–H groups in total. The third kappa shape index (κ3) is 3.67. The van der Waals surface area contributed by atoms with Gasteiger partial charge in [-0.1, -0.05) is 18.2 Å². The SMILES string of the molecule is COc1cc(C)ccc1-c1nnc(N[C@@H]2CCCNC2)c2cc(C3CC3)ccc12. The fourth-order valence-corrected chi connectivity index (χ4v) is 4.31. The zero-order valence-electron chi connectivity index (χ0n) is 17.2. The molecule has 1 aliphatic heterocycles. The lowest BCUT2D eigenvalue weighted by Gasteiger charge is -2.25. The highest BCUT2D eigenvalue weighted by molar-refractivity contribution is 6.01. The van der Waals surface area contributed by atoms with Crippen molar-refractivity contribution in [1.82, 2.24) is 15.5 Å². The quantitative estimate of drug-likeness (QED) is 0.666. The number of nitrogens with zero attached hydrogens (tertiary/aromatic N) is 2. The van der Waals surface area contributed by atoms with E-state index in [1.165, 1.54) is 30.4 Å². The number of piperidine rings is 1. The molecule has 0 unspecified atom stereocenters. The summed E-state index contributed by atoms with van der Waals surface area (Å²) >= 11 is 0. The summed E-state index contributed by atoms with van der Waals surface area (Å²) in [7, 11) is 1.71. The Hall–Kier alpha value is -2.66. The second-order valence-corrected chi connectivity index (χ2v) is 8.37. The molecule has 0 bridgehead atoms. The van der Waals surface area contributed by atoms with Gasteiger partial charge >= 0.3 is 0 Å². The van der Waals surface area contributed by atoms with Crippen LogP contribution in [0.2, 0.25) is 0 Å². The molecule has 0 amide bonds. The van der Waals surface area contributed by atoms with Gasteiger partial charge in [-0.05, 0) is 74.4 Å². The second kappa shape index (κ2) is 7.64. The molecule has 3 aromatic rings. The van der Waals surface area contributed by atoms with Crippen molar-refractivity contribution in [2.24, 2.45) is 0 Å². The average molecular weight is 389 g/mol. The van der Waals surface area contributed by atoms with E-state index in [0.717, 1.165) is 53.1 Å². The first-order valence-corrected chi connectivity index (χ1v) is 10.7. The maximum Gasteiger partial charge on any atom is 0.156 e. The van der Waals surface area contributed by atoms with Gasteiger partial charge in [-0.3, -0.25) is 0 Å². The largest absolute Gasteiger partial charge is 0.496 e. The summed E-state index contributed by atoms with van der Waals surface area (Å²) in [5, 5.41) is 18.7. The van der Waals surface area contributed by atoms with Crippen molar-refractivity contribution in [3.8, 4) is 17.0 Å². The Morgan fingerprint density at radius 2 is 1.93 bits per heavy atom. The highest BCUT2D eigenvalue weighted by atomic mass is 16.5. The van der Waals surface area contributed by atoms with Crippen molar-refractivity contribution < 1.29 is 4.74 Å². The Morgan fingerprint density at radius 1 is 1.03 bits per heavy atom. The molecule has 1 saturated carbocycles. The topological polar surface area (TPSA) is 59.1 Å². The molecule has 1 atom stereocenters. The molecule has 5 nitrogen and oxygen atoms in total. The van der Waals surface area contributed by atoms with Gasteiger partial charge in [0, 0.05) is 28.9 Å². The molecule has 29 heavy (non-hydrogen) atoms. The molecule has 1 aliphatic carbocycles. The Kier molecular flexibility index (Phi) is 4.84. The maximum atomic E-state index is 5.66. The van der Waals surface area contributed by atoms with Crippen LogP contribution in [-0.2, 0) is 0 Å². The van der Waals surface area contributed by atoms with Crippen molar-refractivity contribution in [2.75, 3.05) is 25.5 Å². The molecular weight excluding hydrogens is 360 g/mol. The third-order valence-corrected chi connectivity index (χ3v) is 6.10. The molecule has 0 spiro atoms. The molecule has 5 heteroatoms. The van der Waals surface area contributed by atoms with Crippen molar-refractivity contribution in [3.63, 3.8) is 0 Å². The van der Waals surface area contributed by atoms with E-state index < -0.39 is 0 Å². The average Bonchev–Trinajstić information content (AvgIpc) is 3.60. The number of rotatable bonds is 5. The van der Waals surface area contributed by atoms with E-state index in [1.54, 1.807) is 7.11 Å². The Balaban J connectivity index is 1.63. The van der Waals surface area contributed by atoms with Gasteiger partial charge in [-0.25, -0.2) is 0 Å². The summed E-state index contributed by atoms with van der Waals surface area (Å²) in [6.45, 7) is 4.14. The molecule has 2 aromatic carbocycles. The minimum atomic E-state index is 0.394. The number of benzene rings is 2. The van der Waals surface area contributed by atoms with Crippen molar-refractivity contribution in [1.29, 1.82) is 0 Å². The van der Waals surface area contributed by atoms with Crippen molar-refractivity contribution >= 4 is 16.6 Å². The van der Waals surface area contributed by atoms with Gasteiger partial charge in [0.05, 0.1) is 7.11 Å². The minimum Gasteiger partial charge on any atom is -0.496 e. The number of aryl methyl sites for hydroxylation is 1. The Morgan fingerprint density at radius 3 is 2.69 bits per heavy atom. The van der Waals surface area contributed by atoms with E-state index in [4.69, 9.17) is 4.74 Å². The van der Waals surface area contributed by atoms with Crippen LogP contribution in [0.15, 0.2) is 36.4 Å². The predicted octanol–water partition coefficient (Wildman–Crippen LogP) is 4.66. The number of anilines is 1. The monoisotopic (exact) mass is 388 g/mol. The third-order valence-electron chi connectivity index (χ3n) is 6.10. The summed E-state index contributed by atoms with van der Waals surface area (Å²) in [6, 6.07) is 13.4. The lowest BCUT2D eigenvalue weighted by molar-refractivity contribution is 0.416. The number of ether oxygens (including phenoxy) is 1. The summed E-state index contributed by atoms with van der Waals surface area (Å²) < 4.78 is 5.66. The van der Waals surface area contributed by atoms with E-state index >= 15 is 0 Å². The van der Waals surface area contributed by atoms with E-state index in [1.807, 2.05) is 0 Å². The van der Waals surface area contributed by atoms with Gasteiger partial charge in [-0.15, -0.1) is 10.2 Å². The second-order valence-electron chi connectivity index (χ2n) is 8.37. The van der Waals surface area contributed by atoms with Crippen LogP contribution in [-0.4, -0.2) is 36.4 Å². The van der Waals surface area contributed by atoms with Crippen LogP contribution in [0.5, 0.6) is 5.75 Å². The van der Waals surface area contributed by atoms with Crippen LogP contribution >= 0.6 is 0 Å². The van der Waals surface area contributed by atoms with Gasteiger partial charge in [0.25, 0.3) is 0 Å². The highest BCUT2D eigenvalue weighted by Crippen LogP contribution is 2.43. The van der Waals surface area contributed by atoms with E-state index in [-0.39, 0.29) is 0 Å². The van der Waals surface area contributed by atoms with Gasteiger partial charge < -0.3 is 15.4 Å². The Bertz CT molecular complexity index is 1040. The first kappa shape index (κ1) is 18.4. The van der Waals surface area contributed by atoms with E-state index in [9.17, 15) is 0 Å². The number of aromatic nitrogens is 2. The van der Waals surface area contributed by atoms with Gasteiger partial charge in [0.1, 0.15) is 11.4 Å². The summed E-state index contributed by atoms with van der Waals surface area (Å²) in [6.07, 6.45) is 4.93. The van der Waals surface area contributed by atoms with Gasteiger partial charge in [0.15, 0.2) is 5.82 Å². The summed E-state index contributed by atoms with van der Waals surface area (Å²) in [5.41, 5.74) is 4.45. The summed E-state index contributed by atoms with van der Waals surface area (Å²) in [5.74, 6) is 2.43. The molecule has 1 saturated heterocycles. The van der Waals surface area contributed by atoms with Crippen LogP contribution in [0.3, 0.4) is 0 Å². The normalized spacial score (nSPS) is 19.3. The lowest BCUT2D eigenvalue weighted by atomic mass is 9.99. The van der Waals surface area contributed by atoms with Crippen LogP contribution in [0, 0.1) is 6.92 Å². The fourth-order valence-electron chi connectivity index (χ4n) is 4.31. The number of nitrogens with one attached hydrogen (secondary N) is 2. The van der Waals surface area contributed by atoms with Crippen LogP contribution in [0.1, 0.15) is 42.7 Å². The molecule has 5 rings (SSSR count). The van der Waals surface area contributed by atoms with Crippen LogP contribution in [0.4, 0.5) is 5.82 Å². The van der Waals surface area contributed by atoms with Crippen molar-refractivity contribution in [2.45, 2.75) is 44.6 Å². The fraction of sp³-hybridized carbons (Fsp3) is 0.417. The molecule has 150 valence electrons. The number of hydrogen-bond donors (Lipinski definition) is 2. The molecule has 2 heterocycles. The zero-order valence-corrected chi connectivity index (χ0v) is 17.2. The predicted molar refractivity (Wildman–Crippen MR) is 118 cm³/mol. The lowest BCUT2D eigenvalue weighted by Crippen LogP contribution is -2.38. The first-order chi connectivity index (χ1) is 14.2. The minimum absolute atomic E-state index is 0.394. The maximum absolute atomic E-state index is 5.66. The van der Waals surface area contributed by atoms with Crippen molar-refractivity contribution in [3.05, 3.63) is 47.5 Å². The van der Waals surface area contributed by atoms with Crippen LogP contribution in [0.25, 0.3) is 22.0 Å². The molecule has 2 fully saturated rings. The van der Waals surface area contributed by atoms with Gasteiger partial charge in [-0.2, -0.15) is 0 Å². The molecule has 1 aromatic heterocycles. The van der Waals surface area contributed by atoms with E-state index in [0.29, 0.717) is 12.0 Å². The van der Waals surface area contributed by atoms with Crippen LogP contribution < -0.4 is 15.4 Å². The Labute approximate surface area is 171 Å². The first-order valence-electron chi connectivity index (χ1n) is 10.7. The molecular formula is C24H28N4O. The number of hydrogen-bond acceptors (Lipinski definition) is 5. The number of fused-ring (bicyclic) bond motifs is 1. The number of methoxy groups -OCH3 is 1. The van der Waals surface area contributed by atoms with Gasteiger partial charge in [0.2, 0.25) is 0 Å². The molecule has 0 radical (unpaired) electrons. The highest BCUT2D eigenvalue weighted by Gasteiger charge is 2.25. The summed E-state index contributed by atoms with van der Waals surface area (Å²) in [4.78, 5) is 0. The zero-order chi connectivity index (χ0) is 19.8. The van der Waals surface area contributed by atoms with E-state index in [2.05, 4.69) is 64.2 Å².